The molecule has 1 aliphatic carbocycles. The van der Waals surface area contributed by atoms with Gasteiger partial charge in [-0.2, -0.15) is 0 Å². The number of allylic oxidation sites excluding steroid dienone is 1. The minimum absolute atomic E-state index is 0.0178. The first-order chi connectivity index (χ1) is 14.7. The third-order valence-electron chi connectivity index (χ3n) is 7.23. The van der Waals surface area contributed by atoms with Crippen molar-refractivity contribution < 1.29 is 8.91 Å². The van der Waals surface area contributed by atoms with Crippen LogP contribution < -0.4 is 16.1 Å². The molecule has 1 heterocycles. The third kappa shape index (κ3) is 3.55. The number of rotatable bonds is 3. The lowest BCUT2D eigenvalue weighted by atomic mass is 9.81. The van der Waals surface area contributed by atoms with Crippen LogP contribution in [0.15, 0.2) is 23.8 Å². The van der Waals surface area contributed by atoms with Gasteiger partial charge in [0.25, 0.3) is 5.91 Å². The Hall–Kier alpha value is -1.96. The van der Waals surface area contributed by atoms with E-state index in [4.69, 9.17) is 9.85 Å². The summed E-state index contributed by atoms with van der Waals surface area (Å²) >= 11 is 0. The van der Waals surface area contributed by atoms with Crippen molar-refractivity contribution in [1.29, 1.82) is 0 Å². The quantitative estimate of drug-likeness (QED) is 0.559. The van der Waals surface area contributed by atoms with E-state index in [1.807, 2.05) is 13.0 Å². The van der Waals surface area contributed by atoms with Crippen molar-refractivity contribution in [2.75, 3.05) is 0 Å². The number of hydrogen-bond donors (Lipinski definition) is 0. The SMILES string of the molecule is CCC1=Cc2cc(C(C)(C)C)cc(-c3c(C)c(C([NH])=O)cc4c3[Si](C)(C)O[Si]4(C)C)c2C1. The zero-order chi connectivity index (χ0) is 23.8. The summed E-state index contributed by atoms with van der Waals surface area (Å²) in [5, 5.41) is 2.58. The molecule has 0 saturated heterocycles. The van der Waals surface area contributed by atoms with Gasteiger partial charge < -0.3 is 4.12 Å². The van der Waals surface area contributed by atoms with Crippen LogP contribution in [0.1, 0.15) is 66.7 Å². The lowest BCUT2D eigenvalue weighted by Gasteiger charge is -2.27. The summed E-state index contributed by atoms with van der Waals surface area (Å²) in [5.41, 5.74) is 17.4. The molecule has 0 spiro atoms. The Kier molecular flexibility index (Phi) is 5.27. The maximum absolute atomic E-state index is 12.4. The predicted octanol–water partition coefficient (Wildman–Crippen LogP) is 5.59. The molecule has 5 heteroatoms. The first-order valence-electron chi connectivity index (χ1n) is 11.7. The van der Waals surface area contributed by atoms with Gasteiger partial charge in [0.2, 0.25) is 16.6 Å². The van der Waals surface area contributed by atoms with Gasteiger partial charge in [0.1, 0.15) is 0 Å². The number of hydrogen-bond acceptors (Lipinski definition) is 2. The van der Waals surface area contributed by atoms with Crippen LogP contribution >= 0.6 is 0 Å². The zero-order valence-corrected chi connectivity index (χ0v) is 23.0. The van der Waals surface area contributed by atoms with Gasteiger partial charge in [-0.05, 0) is 101 Å². The fourth-order valence-electron chi connectivity index (χ4n) is 5.60. The smallest absolute Gasteiger partial charge is 0.269 e. The van der Waals surface area contributed by atoms with Gasteiger partial charge in [0.15, 0.2) is 0 Å². The Morgan fingerprint density at radius 1 is 1.09 bits per heavy atom. The van der Waals surface area contributed by atoms with Gasteiger partial charge in [0, 0.05) is 5.56 Å². The van der Waals surface area contributed by atoms with Crippen LogP contribution in [0.2, 0.25) is 26.2 Å². The lowest BCUT2D eigenvalue weighted by molar-refractivity contribution is 0.0991. The molecule has 1 radical (unpaired) electrons. The summed E-state index contributed by atoms with van der Waals surface area (Å²) in [4.78, 5) is 12.4. The van der Waals surface area contributed by atoms with Crippen LogP contribution in [-0.4, -0.2) is 22.5 Å². The number of benzene rings is 2. The van der Waals surface area contributed by atoms with Crippen LogP contribution in [0, 0.1) is 6.92 Å². The van der Waals surface area contributed by atoms with Gasteiger partial charge in [-0.15, -0.1) is 0 Å². The average molecular weight is 463 g/mol. The first-order valence-corrected chi connectivity index (χ1v) is 17.5. The van der Waals surface area contributed by atoms with Crippen LogP contribution in [-0.2, 0) is 16.0 Å². The molecule has 0 atom stereocenters. The van der Waals surface area contributed by atoms with E-state index in [0.29, 0.717) is 5.56 Å². The number of nitrogens with one attached hydrogen (secondary N) is 1. The largest absolute Gasteiger partial charge is 0.449 e. The maximum Gasteiger partial charge on any atom is 0.269 e. The highest BCUT2D eigenvalue weighted by Crippen LogP contribution is 2.41. The summed E-state index contributed by atoms with van der Waals surface area (Å²) < 4.78 is 6.81. The van der Waals surface area contributed by atoms with Gasteiger partial charge >= 0.3 is 0 Å². The van der Waals surface area contributed by atoms with E-state index in [0.717, 1.165) is 18.4 Å². The van der Waals surface area contributed by atoms with Gasteiger partial charge in [-0.3, -0.25) is 10.5 Å². The van der Waals surface area contributed by atoms with E-state index in [2.05, 4.69) is 72.1 Å². The monoisotopic (exact) mass is 462 g/mol. The molecule has 169 valence electrons. The second-order valence-electron chi connectivity index (χ2n) is 11.5. The number of fused-ring (bicyclic) bond motifs is 2. The molecular formula is C27H36NO2Si2. The molecule has 0 unspecified atom stereocenters. The molecule has 3 nitrogen and oxygen atoms in total. The third-order valence-corrected chi connectivity index (χ3v) is 15.0. The number of carbonyl (C=O) groups is 1. The summed E-state index contributed by atoms with van der Waals surface area (Å²) in [6, 6.07) is 6.72. The molecule has 1 N–H and O–H groups in total. The Labute approximate surface area is 195 Å². The van der Waals surface area contributed by atoms with Crippen LogP contribution in [0.4, 0.5) is 0 Å². The van der Waals surface area contributed by atoms with Crippen molar-refractivity contribution in [2.45, 2.75) is 79.1 Å². The molecule has 0 fully saturated rings. The fraction of sp³-hybridized carbons (Fsp3) is 0.444. The normalized spacial score (nSPS) is 18.3. The molecule has 0 saturated carbocycles. The standard InChI is InChI=1S/C27H36NO2Si2/c1-10-17-11-18-13-19(27(3,4)5)14-22(21(18)12-17)24-16(2)20(26(28)29)15-23-25(24)32(8,9)30-31(23,6)7/h11,13-15,28H,10,12H2,1-9H3. The molecule has 4 rings (SSSR count). The lowest BCUT2D eigenvalue weighted by Crippen LogP contribution is -2.46. The molecule has 0 aromatic heterocycles. The Balaban J connectivity index is 2.15. The molecule has 1 aliphatic heterocycles. The summed E-state index contributed by atoms with van der Waals surface area (Å²) in [7, 11) is -4.31. The maximum atomic E-state index is 12.4. The van der Waals surface area contributed by atoms with Crippen LogP contribution in [0.25, 0.3) is 17.2 Å². The molecule has 2 aromatic rings. The minimum atomic E-state index is -2.16. The highest BCUT2D eigenvalue weighted by atomic mass is 28.4. The predicted molar refractivity (Wildman–Crippen MR) is 140 cm³/mol. The second kappa shape index (κ2) is 7.27. The van der Waals surface area contributed by atoms with Gasteiger partial charge in [-0.25, -0.2) is 0 Å². The molecule has 2 aromatic carbocycles. The van der Waals surface area contributed by atoms with Crippen LogP contribution in [0.3, 0.4) is 0 Å². The van der Waals surface area contributed by atoms with Crippen molar-refractivity contribution in [3.05, 3.63) is 51.6 Å². The van der Waals surface area contributed by atoms with Gasteiger partial charge in [0.05, 0.1) is 0 Å². The molecule has 1 amide bonds. The minimum Gasteiger partial charge on any atom is -0.449 e. The Morgan fingerprint density at radius 3 is 2.31 bits per heavy atom. The number of carbonyl (C=O) groups excluding carboxylic acids is 1. The summed E-state index contributed by atoms with van der Waals surface area (Å²) in [6.45, 7) is 20.1. The van der Waals surface area contributed by atoms with Crippen molar-refractivity contribution in [3.8, 4) is 11.1 Å². The average Bonchev–Trinajstić information content (AvgIpc) is 3.15. The van der Waals surface area contributed by atoms with E-state index in [-0.39, 0.29) is 5.41 Å². The zero-order valence-electron chi connectivity index (χ0n) is 21.0. The highest BCUT2D eigenvalue weighted by molar-refractivity contribution is 7.06. The fourth-order valence-corrected chi connectivity index (χ4v) is 16.2. The van der Waals surface area contributed by atoms with E-state index >= 15 is 0 Å². The topological polar surface area (TPSA) is 50.1 Å². The van der Waals surface area contributed by atoms with E-state index in [1.165, 1.54) is 43.8 Å². The first kappa shape index (κ1) is 23.2. The molecule has 32 heavy (non-hydrogen) atoms. The van der Waals surface area contributed by atoms with Crippen molar-refractivity contribution in [3.63, 3.8) is 0 Å². The Bertz CT molecular complexity index is 1180. The molecular weight excluding hydrogens is 426 g/mol. The highest BCUT2D eigenvalue weighted by Gasteiger charge is 2.49. The van der Waals surface area contributed by atoms with E-state index < -0.39 is 22.5 Å². The van der Waals surface area contributed by atoms with Crippen molar-refractivity contribution in [2.24, 2.45) is 0 Å². The molecule has 2 aliphatic rings. The van der Waals surface area contributed by atoms with Crippen molar-refractivity contribution >= 4 is 39.0 Å². The summed E-state index contributed by atoms with van der Waals surface area (Å²) in [6.07, 6.45) is 4.37. The van der Waals surface area contributed by atoms with E-state index in [9.17, 15) is 4.79 Å². The second-order valence-corrected chi connectivity index (χ2v) is 19.4. The van der Waals surface area contributed by atoms with Gasteiger partial charge in [-0.1, -0.05) is 51.5 Å². The summed E-state index contributed by atoms with van der Waals surface area (Å²) in [5.74, 6) is -0.598. The Morgan fingerprint density at radius 2 is 1.75 bits per heavy atom. The molecule has 0 bridgehead atoms. The van der Waals surface area contributed by atoms with Crippen LogP contribution in [0.5, 0.6) is 0 Å². The number of amides is 1. The van der Waals surface area contributed by atoms with E-state index in [1.54, 1.807) is 0 Å². The van der Waals surface area contributed by atoms with Crippen molar-refractivity contribution in [1.82, 2.24) is 5.73 Å².